The molecule has 0 bridgehead atoms. The second-order valence-corrected chi connectivity index (χ2v) is 4.00. The first-order valence-corrected chi connectivity index (χ1v) is 6.42. The van der Waals surface area contributed by atoms with E-state index in [0.717, 1.165) is 6.42 Å². The molecule has 2 rings (SSSR count). The summed E-state index contributed by atoms with van der Waals surface area (Å²) < 4.78 is 16.0. The highest BCUT2D eigenvalue weighted by atomic mass is 16.5. The van der Waals surface area contributed by atoms with Gasteiger partial charge in [0.15, 0.2) is 0 Å². The van der Waals surface area contributed by atoms with E-state index in [4.69, 9.17) is 20.1 Å². The fourth-order valence-corrected chi connectivity index (χ4v) is 1.48. The Labute approximate surface area is 122 Å². The molecule has 2 aromatic rings. The van der Waals surface area contributed by atoms with Gasteiger partial charge in [-0.25, -0.2) is 5.84 Å². The van der Waals surface area contributed by atoms with Crippen LogP contribution in [0.2, 0.25) is 0 Å². The molecule has 1 heterocycles. The van der Waals surface area contributed by atoms with Crippen LogP contribution in [-0.4, -0.2) is 28.7 Å². The average molecular weight is 291 g/mol. The zero-order chi connectivity index (χ0) is 15.1. The van der Waals surface area contributed by atoms with E-state index in [9.17, 15) is 0 Å². The molecule has 112 valence electrons. The van der Waals surface area contributed by atoms with Crippen LogP contribution in [0.4, 0.5) is 5.95 Å². The number of hydrogen-bond donors (Lipinski definition) is 2. The Morgan fingerprint density at radius 1 is 1.14 bits per heavy atom. The minimum atomic E-state index is 0.0808. The zero-order valence-electron chi connectivity index (χ0n) is 11.9. The lowest BCUT2D eigenvalue weighted by Crippen LogP contribution is -2.13. The maximum absolute atomic E-state index is 5.57. The molecule has 8 nitrogen and oxygen atoms in total. The van der Waals surface area contributed by atoms with Crippen molar-refractivity contribution in [2.75, 3.05) is 19.1 Å². The minimum absolute atomic E-state index is 0.0808. The van der Waals surface area contributed by atoms with Crippen LogP contribution in [0.1, 0.15) is 13.3 Å². The molecule has 0 saturated heterocycles. The van der Waals surface area contributed by atoms with Gasteiger partial charge in [-0.3, -0.25) is 5.43 Å². The van der Waals surface area contributed by atoms with Crippen molar-refractivity contribution in [1.29, 1.82) is 0 Å². The molecular weight excluding hydrogens is 274 g/mol. The number of nitrogen functional groups attached to an aromatic ring is 1. The first-order chi connectivity index (χ1) is 10.2. The average Bonchev–Trinajstić information content (AvgIpc) is 2.52. The van der Waals surface area contributed by atoms with Crippen molar-refractivity contribution >= 4 is 5.95 Å². The predicted molar refractivity (Wildman–Crippen MR) is 76.5 cm³/mol. The smallest absolute Gasteiger partial charge is 0.330 e. The number of hydrogen-bond acceptors (Lipinski definition) is 8. The molecule has 0 atom stereocenters. The first kappa shape index (κ1) is 14.8. The summed E-state index contributed by atoms with van der Waals surface area (Å²) in [5.74, 6) is 6.68. The number of nitrogens with two attached hydrogens (primary N) is 1. The Morgan fingerprint density at radius 2 is 1.90 bits per heavy atom. The Balaban J connectivity index is 2.21. The summed E-state index contributed by atoms with van der Waals surface area (Å²) >= 11 is 0. The topological polar surface area (TPSA) is 104 Å². The van der Waals surface area contributed by atoms with Gasteiger partial charge in [-0.05, 0) is 18.6 Å². The SMILES string of the molecule is CCCOc1nc(NN)nc(Oc2cccc(OC)c2)n1. The monoisotopic (exact) mass is 291 g/mol. The quantitative estimate of drug-likeness (QED) is 0.587. The highest BCUT2D eigenvalue weighted by Crippen LogP contribution is 2.24. The summed E-state index contributed by atoms with van der Waals surface area (Å²) in [6.07, 6.45) is 0.836. The lowest BCUT2D eigenvalue weighted by Gasteiger charge is -2.08. The maximum atomic E-state index is 5.57. The van der Waals surface area contributed by atoms with Gasteiger partial charge < -0.3 is 14.2 Å². The van der Waals surface area contributed by atoms with Crippen LogP contribution >= 0.6 is 0 Å². The van der Waals surface area contributed by atoms with Crippen molar-refractivity contribution in [3.8, 4) is 23.5 Å². The summed E-state index contributed by atoms with van der Waals surface area (Å²) in [6.45, 7) is 2.48. The third-order valence-electron chi connectivity index (χ3n) is 2.41. The highest BCUT2D eigenvalue weighted by molar-refractivity contribution is 5.35. The number of aromatic nitrogens is 3. The Kier molecular flexibility index (Phi) is 5.10. The summed E-state index contributed by atoms with van der Waals surface area (Å²) in [5, 5.41) is 0. The molecular formula is C13H17N5O3. The summed E-state index contributed by atoms with van der Waals surface area (Å²) in [7, 11) is 1.58. The lowest BCUT2D eigenvalue weighted by molar-refractivity contribution is 0.285. The molecule has 21 heavy (non-hydrogen) atoms. The summed E-state index contributed by atoms with van der Waals surface area (Å²) in [5.41, 5.74) is 2.35. The van der Waals surface area contributed by atoms with Gasteiger partial charge in [0.1, 0.15) is 11.5 Å². The van der Waals surface area contributed by atoms with E-state index in [1.165, 1.54) is 0 Å². The number of benzene rings is 1. The van der Waals surface area contributed by atoms with Gasteiger partial charge in [-0.2, -0.15) is 9.97 Å². The number of nitrogens with zero attached hydrogens (tertiary/aromatic N) is 3. The van der Waals surface area contributed by atoms with E-state index >= 15 is 0 Å². The van der Waals surface area contributed by atoms with Crippen LogP contribution in [0, 0.1) is 0 Å². The third-order valence-corrected chi connectivity index (χ3v) is 2.41. The molecule has 0 saturated carbocycles. The second-order valence-electron chi connectivity index (χ2n) is 4.00. The van der Waals surface area contributed by atoms with Gasteiger partial charge in [-0.1, -0.05) is 13.0 Å². The van der Waals surface area contributed by atoms with E-state index in [0.29, 0.717) is 18.1 Å². The minimum Gasteiger partial charge on any atom is -0.497 e. The molecule has 0 aliphatic carbocycles. The van der Waals surface area contributed by atoms with Gasteiger partial charge in [0.05, 0.1) is 13.7 Å². The van der Waals surface area contributed by atoms with Crippen LogP contribution in [0.15, 0.2) is 24.3 Å². The van der Waals surface area contributed by atoms with Gasteiger partial charge in [-0.15, -0.1) is 4.98 Å². The first-order valence-electron chi connectivity index (χ1n) is 6.42. The van der Waals surface area contributed by atoms with Crippen LogP contribution in [0.5, 0.6) is 23.5 Å². The fraction of sp³-hybridized carbons (Fsp3) is 0.308. The number of nitrogens with one attached hydrogen (secondary N) is 1. The van der Waals surface area contributed by atoms with Crippen molar-refractivity contribution in [1.82, 2.24) is 15.0 Å². The standard InChI is InChI=1S/C13H17N5O3/c1-3-7-20-12-15-11(18-14)16-13(17-12)21-10-6-4-5-9(8-10)19-2/h4-6,8H,3,7,14H2,1-2H3,(H,15,16,17,18). The van der Waals surface area contributed by atoms with Gasteiger partial charge in [0, 0.05) is 6.07 Å². The number of hydrazine groups is 1. The summed E-state index contributed by atoms with van der Waals surface area (Å²) in [4.78, 5) is 12.1. The molecule has 8 heteroatoms. The van der Waals surface area contributed by atoms with Crippen molar-refractivity contribution in [2.24, 2.45) is 5.84 Å². The van der Waals surface area contributed by atoms with Crippen molar-refractivity contribution < 1.29 is 14.2 Å². The summed E-state index contributed by atoms with van der Waals surface area (Å²) in [6, 6.07) is 7.31. The number of rotatable bonds is 7. The molecule has 0 aliphatic rings. The lowest BCUT2D eigenvalue weighted by atomic mass is 10.3. The largest absolute Gasteiger partial charge is 0.497 e. The van der Waals surface area contributed by atoms with Crippen molar-refractivity contribution in [3.05, 3.63) is 24.3 Å². The van der Waals surface area contributed by atoms with E-state index < -0.39 is 0 Å². The molecule has 1 aromatic heterocycles. The molecule has 0 amide bonds. The predicted octanol–water partition coefficient (Wildman–Crippen LogP) is 1.75. The third kappa shape index (κ3) is 4.18. The molecule has 0 radical (unpaired) electrons. The molecule has 3 N–H and O–H groups in total. The molecule has 0 fully saturated rings. The molecule has 0 unspecified atom stereocenters. The van der Waals surface area contributed by atoms with E-state index in [-0.39, 0.29) is 18.0 Å². The number of methoxy groups -OCH3 is 1. The van der Waals surface area contributed by atoms with E-state index in [1.807, 2.05) is 13.0 Å². The van der Waals surface area contributed by atoms with E-state index in [2.05, 4.69) is 20.4 Å². The van der Waals surface area contributed by atoms with Crippen LogP contribution in [0.25, 0.3) is 0 Å². The zero-order valence-corrected chi connectivity index (χ0v) is 11.9. The van der Waals surface area contributed by atoms with Crippen molar-refractivity contribution in [2.45, 2.75) is 13.3 Å². The molecule has 0 aliphatic heterocycles. The van der Waals surface area contributed by atoms with Crippen LogP contribution < -0.4 is 25.5 Å². The second kappa shape index (κ2) is 7.25. The van der Waals surface area contributed by atoms with Gasteiger partial charge in [0.25, 0.3) is 0 Å². The Bertz CT molecular complexity index is 594. The molecule has 0 spiro atoms. The fourth-order valence-electron chi connectivity index (χ4n) is 1.48. The maximum Gasteiger partial charge on any atom is 0.330 e. The van der Waals surface area contributed by atoms with E-state index in [1.54, 1.807) is 25.3 Å². The van der Waals surface area contributed by atoms with Gasteiger partial charge >= 0.3 is 12.0 Å². The van der Waals surface area contributed by atoms with Crippen LogP contribution in [0.3, 0.4) is 0 Å². The van der Waals surface area contributed by atoms with Crippen molar-refractivity contribution in [3.63, 3.8) is 0 Å². The Morgan fingerprint density at radius 3 is 2.62 bits per heavy atom. The normalized spacial score (nSPS) is 10.0. The number of anilines is 1. The number of ether oxygens (including phenoxy) is 3. The molecule has 1 aromatic carbocycles. The highest BCUT2D eigenvalue weighted by Gasteiger charge is 2.09. The Hall–Kier alpha value is -2.61. The van der Waals surface area contributed by atoms with Gasteiger partial charge in [0.2, 0.25) is 5.95 Å². The van der Waals surface area contributed by atoms with Crippen LogP contribution in [-0.2, 0) is 0 Å².